The van der Waals surface area contributed by atoms with Gasteiger partial charge in [0.25, 0.3) is 0 Å². The van der Waals surface area contributed by atoms with Crippen molar-refractivity contribution < 1.29 is 9.84 Å². The van der Waals surface area contributed by atoms with Crippen LogP contribution in [0.15, 0.2) is 22.7 Å². The van der Waals surface area contributed by atoms with E-state index in [2.05, 4.69) is 22.9 Å². The van der Waals surface area contributed by atoms with Crippen molar-refractivity contribution in [1.82, 2.24) is 0 Å². The van der Waals surface area contributed by atoms with Crippen molar-refractivity contribution in [3.05, 3.63) is 28.2 Å². The van der Waals surface area contributed by atoms with E-state index in [1.165, 1.54) is 0 Å². The Labute approximate surface area is 106 Å². The Kier molecular flexibility index (Phi) is 5.85. The van der Waals surface area contributed by atoms with Crippen molar-refractivity contribution in [3.8, 4) is 5.75 Å². The Bertz CT molecular complexity index is 324. The van der Waals surface area contributed by atoms with Crippen LogP contribution >= 0.6 is 15.9 Å². The van der Waals surface area contributed by atoms with Crippen LogP contribution in [0, 0.1) is 0 Å². The molecule has 0 aliphatic carbocycles. The highest BCUT2D eigenvalue weighted by Gasteiger charge is 2.05. The van der Waals surface area contributed by atoms with Crippen LogP contribution in [0.2, 0.25) is 0 Å². The second-order valence-corrected chi connectivity index (χ2v) is 4.86. The topological polar surface area (TPSA) is 29.5 Å². The maximum Gasteiger partial charge on any atom is 0.119 e. The number of ether oxygens (including phenoxy) is 1. The molecule has 1 aromatic carbocycles. The fraction of sp³-hybridized carbons (Fsp3) is 0.538. The highest BCUT2D eigenvalue weighted by Crippen LogP contribution is 2.24. The number of hydrogen-bond acceptors (Lipinski definition) is 2. The first-order valence-electron chi connectivity index (χ1n) is 5.72. The van der Waals surface area contributed by atoms with Gasteiger partial charge in [-0.15, -0.1) is 0 Å². The molecule has 0 unspecified atom stereocenters. The second kappa shape index (κ2) is 6.92. The highest BCUT2D eigenvalue weighted by molar-refractivity contribution is 9.10. The average molecular weight is 287 g/mol. The molecule has 1 rings (SSSR count). The number of unbranched alkanes of at least 4 members (excludes halogenated alkanes) is 1. The minimum Gasteiger partial charge on any atom is -0.494 e. The first kappa shape index (κ1) is 13.5. The van der Waals surface area contributed by atoms with Crippen molar-refractivity contribution in [2.24, 2.45) is 0 Å². The third-order valence-corrected chi connectivity index (χ3v) is 3.07. The summed E-state index contributed by atoms with van der Waals surface area (Å²) < 4.78 is 6.65. The Morgan fingerprint density at radius 3 is 2.81 bits per heavy atom. The molecule has 0 aliphatic rings. The molecule has 3 heteroatoms. The van der Waals surface area contributed by atoms with E-state index >= 15 is 0 Å². The zero-order valence-corrected chi connectivity index (χ0v) is 11.5. The molecular formula is C13H19BrO2. The maximum absolute atomic E-state index is 9.37. The Morgan fingerprint density at radius 1 is 1.44 bits per heavy atom. The minimum atomic E-state index is -0.331. The van der Waals surface area contributed by atoms with Crippen LogP contribution in [0.25, 0.3) is 0 Å². The first-order chi connectivity index (χ1) is 7.63. The molecule has 0 radical (unpaired) electrons. The fourth-order valence-corrected chi connectivity index (χ4v) is 1.86. The normalized spacial score (nSPS) is 12.5. The quantitative estimate of drug-likeness (QED) is 0.811. The van der Waals surface area contributed by atoms with Crippen LogP contribution in [0.1, 0.15) is 32.3 Å². The Morgan fingerprint density at radius 2 is 2.19 bits per heavy atom. The van der Waals surface area contributed by atoms with Gasteiger partial charge in [-0.3, -0.25) is 0 Å². The molecule has 0 aliphatic heterocycles. The molecule has 0 fully saturated rings. The predicted molar refractivity (Wildman–Crippen MR) is 69.9 cm³/mol. The lowest BCUT2D eigenvalue weighted by Crippen LogP contribution is -2.05. The van der Waals surface area contributed by atoms with E-state index in [9.17, 15) is 5.11 Å². The minimum absolute atomic E-state index is 0.331. The molecule has 90 valence electrons. The van der Waals surface area contributed by atoms with Gasteiger partial charge in [-0.1, -0.05) is 29.3 Å². The average Bonchev–Trinajstić information content (AvgIpc) is 2.22. The molecular weight excluding hydrogens is 268 g/mol. The molecule has 16 heavy (non-hydrogen) atoms. The largest absolute Gasteiger partial charge is 0.494 e. The number of rotatable bonds is 6. The Balaban J connectivity index is 2.65. The lowest BCUT2D eigenvalue weighted by atomic mass is 10.1. The summed E-state index contributed by atoms with van der Waals surface area (Å²) >= 11 is 3.47. The third kappa shape index (κ3) is 4.54. The lowest BCUT2D eigenvalue weighted by molar-refractivity contribution is 0.195. The summed E-state index contributed by atoms with van der Waals surface area (Å²) in [4.78, 5) is 0. The standard InChI is InChI=1S/C13H19BrO2/c1-3-4-7-16-12-5-6-13(14)11(9-12)8-10(2)15/h5-6,9-10,15H,3-4,7-8H2,1-2H3/t10-/m0/s1. The van der Waals surface area contributed by atoms with Crippen molar-refractivity contribution in [3.63, 3.8) is 0 Å². The van der Waals surface area contributed by atoms with E-state index in [4.69, 9.17) is 4.74 Å². The van der Waals surface area contributed by atoms with E-state index in [-0.39, 0.29) is 6.10 Å². The number of benzene rings is 1. The Hall–Kier alpha value is -0.540. The predicted octanol–water partition coefficient (Wildman–Crippen LogP) is 3.55. The van der Waals surface area contributed by atoms with Crippen LogP contribution in [0.5, 0.6) is 5.75 Å². The SMILES string of the molecule is CCCCOc1ccc(Br)c(C[C@H](C)O)c1. The van der Waals surface area contributed by atoms with Crippen molar-refractivity contribution in [2.45, 2.75) is 39.2 Å². The van der Waals surface area contributed by atoms with Gasteiger partial charge in [0, 0.05) is 4.47 Å². The number of aliphatic hydroxyl groups is 1. The van der Waals surface area contributed by atoms with Crippen LogP contribution in [0.3, 0.4) is 0 Å². The van der Waals surface area contributed by atoms with E-state index < -0.39 is 0 Å². The summed E-state index contributed by atoms with van der Waals surface area (Å²) in [5.74, 6) is 0.882. The molecule has 1 aromatic rings. The van der Waals surface area contributed by atoms with Crippen molar-refractivity contribution in [1.29, 1.82) is 0 Å². The van der Waals surface area contributed by atoms with E-state index in [1.54, 1.807) is 6.92 Å². The summed E-state index contributed by atoms with van der Waals surface area (Å²) in [5, 5.41) is 9.37. The number of hydrogen-bond donors (Lipinski definition) is 1. The van der Waals surface area contributed by atoms with Crippen molar-refractivity contribution >= 4 is 15.9 Å². The van der Waals surface area contributed by atoms with Crippen LogP contribution < -0.4 is 4.74 Å². The van der Waals surface area contributed by atoms with Crippen LogP contribution in [-0.4, -0.2) is 17.8 Å². The van der Waals surface area contributed by atoms with Gasteiger partial charge in [-0.25, -0.2) is 0 Å². The zero-order valence-electron chi connectivity index (χ0n) is 9.87. The molecule has 1 atom stereocenters. The van der Waals surface area contributed by atoms with Gasteiger partial charge >= 0.3 is 0 Å². The highest BCUT2D eigenvalue weighted by atomic mass is 79.9. The third-order valence-electron chi connectivity index (χ3n) is 2.30. The van der Waals surface area contributed by atoms with E-state index in [1.807, 2.05) is 18.2 Å². The number of aliphatic hydroxyl groups excluding tert-OH is 1. The smallest absolute Gasteiger partial charge is 0.119 e. The molecule has 0 bridgehead atoms. The maximum atomic E-state index is 9.37. The molecule has 0 amide bonds. The van der Waals surface area contributed by atoms with E-state index in [0.29, 0.717) is 6.42 Å². The van der Waals surface area contributed by atoms with Crippen LogP contribution in [0.4, 0.5) is 0 Å². The monoisotopic (exact) mass is 286 g/mol. The molecule has 0 spiro atoms. The van der Waals surface area contributed by atoms with Crippen LogP contribution in [-0.2, 0) is 6.42 Å². The van der Waals surface area contributed by atoms with Gasteiger partial charge in [-0.2, -0.15) is 0 Å². The number of halogens is 1. The van der Waals surface area contributed by atoms with Crippen molar-refractivity contribution in [2.75, 3.05) is 6.61 Å². The summed E-state index contributed by atoms with van der Waals surface area (Å²) in [7, 11) is 0. The summed E-state index contributed by atoms with van der Waals surface area (Å²) in [6, 6.07) is 5.91. The molecule has 0 heterocycles. The molecule has 2 nitrogen and oxygen atoms in total. The second-order valence-electron chi connectivity index (χ2n) is 4.01. The van der Waals surface area contributed by atoms with Gasteiger partial charge in [0.2, 0.25) is 0 Å². The van der Waals surface area contributed by atoms with E-state index in [0.717, 1.165) is 35.2 Å². The molecule has 0 saturated heterocycles. The summed E-state index contributed by atoms with van der Waals surface area (Å²) in [5.41, 5.74) is 1.09. The van der Waals surface area contributed by atoms with Gasteiger partial charge in [0.15, 0.2) is 0 Å². The fourth-order valence-electron chi connectivity index (χ4n) is 1.45. The van der Waals surface area contributed by atoms with Gasteiger partial charge in [0.05, 0.1) is 12.7 Å². The van der Waals surface area contributed by atoms with Gasteiger partial charge in [-0.05, 0) is 43.5 Å². The van der Waals surface area contributed by atoms with Gasteiger partial charge < -0.3 is 9.84 Å². The van der Waals surface area contributed by atoms with Gasteiger partial charge in [0.1, 0.15) is 5.75 Å². The first-order valence-corrected chi connectivity index (χ1v) is 6.52. The molecule has 0 aromatic heterocycles. The summed E-state index contributed by atoms with van der Waals surface area (Å²) in [6.45, 7) is 4.69. The molecule has 0 saturated carbocycles. The zero-order chi connectivity index (χ0) is 12.0. The summed E-state index contributed by atoms with van der Waals surface area (Å²) in [6.07, 6.45) is 2.52. The molecule has 1 N–H and O–H groups in total. The lowest BCUT2D eigenvalue weighted by Gasteiger charge is -2.10.